The molecule has 3 rings (SSSR count). The van der Waals surface area contributed by atoms with Gasteiger partial charge < -0.3 is 4.98 Å². The number of H-pyrrole nitrogens is 1. The van der Waals surface area contributed by atoms with Gasteiger partial charge in [-0.1, -0.05) is 30.3 Å². The van der Waals surface area contributed by atoms with Gasteiger partial charge in [0, 0.05) is 10.8 Å². The zero-order chi connectivity index (χ0) is 11.8. The van der Waals surface area contributed by atoms with Crippen molar-refractivity contribution in [3.8, 4) is 0 Å². The molecule has 17 heavy (non-hydrogen) atoms. The summed E-state index contributed by atoms with van der Waals surface area (Å²) in [6, 6.07) is 11.5. The van der Waals surface area contributed by atoms with Gasteiger partial charge in [-0.3, -0.25) is 10.7 Å². The number of hydrogen-bond donors (Lipinski definition) is 3. The normalized spacial score (nSPS) is 10.9. The number of aromatic nitrogens is 1. The molecule has 84 valence electrons. The number of anilines is 1. The fourth-order valence-corrected chi connectivity index (χ4v) is 2.14. The average Bonchev–Trinajstić information content (AvgIpc) is 2.77. The zero-order valence-electron chi connectivity index (χ0n) is 8.77. The molecule has 3 N–H and O–H groups in total. The molecular formula is C12H9N3O2. The molecule has 0 spiro atoms. The summed E-state index contributed by atoms with van der Waals surface area (Å²) in [7, 11) is 0. The molecule has 5 heteroatoms. The van der Waals surface area contributed by atoms with Crippen LogP contribution in [0.25, 0.3) is 21.5 Å². The number of nitrogens with one attached hydrogen (secondary N) is 2. The first kappa shape index (κ1) is 9.80. The van der Waals surface area contributed by atoms with Crippen LogP contribution < -0.4 is 5.48 Å². The summed E-state index contributed by atoms with van der Waals surface area (Å²) >= 11 is 0. The van der Waals surface area contributed by atoms with E-state index in [0.717, 1.165) is 16.2 Å². The molecule has 0 radical (unpaired) electrons. The van der Waals surface area contributed by atoms with Crippen molar-refractivity contribution in [2.75, 3.05) is 5.48 Å². The van der Waals surface area contributed by atoms with Crippen molar-refractivity contribution < 1.29 is 5.21 Å². The van der Waals surface area contributed by atoms with Crippen LogP contribution in [0.5, 0.6) is 0 Å². The second-order valence-electron chi connectivity index (χ2n) is 3.76. The predicted octanol–water partition coefficient (Wildman–Crippen LogP) is 3.52. The van der Waals surface area contributed by atoms with E-state index in [9.17, 15) is 4.91 Å². The second kappa shape index (κ2) is 3.57. The van der Waals surface area contributed by atoms with Crippen LogP contribution >= 0.6 is 0 Å². The number of benzene rings is 2. The van der Waals surface area contributed by atoms with Crippen LogP contribution in [0.1, 0.15) is 0 Å². The fraction of sp³-hybridized carbons (Fsp3) is 0. The molecule has 0 saturated carbocycles. The van der Waals surface area contributed by atoms with Gasteiger partial charge in [-0.05, 0) is 22.0 Å². The van der Waals surface area contributed by atoms with Gasteiger partial charge in [-0.15, -0.1) is 4.91 Å². The lowest BCUT2D eigenvalue weighted by Crippen LogP contribution is -1.89. The van der Waals surface area contributed by atoms with Crippen LogP contribution in [0.2, 0.25) is 0 Å². The topological polar surface area (TPSA) is 77.5 Å². The molecule has 3 aromatic rings. The maximum Gasteiger partial charge on any atom is 0.184 e. The first-order valence-corrected chi connectivity index (χ1v) is 5.12. The Balaban J connectivity index is 2.56. The maximum absolute atomic E-state index is 10.7. The standard InChI is InChI=1S/C12H9N3O2/c16-14-11-9-6-5-7-3-1-2-4-8(7)10(9)12(13-11)15-17/h1-6,13,15,17H. The number of nitroso groups, excluding NO2 is 1. The van der Waals surface area contributed by atoms with Crippen LogP contribution in [0.15, 0.2) is 41.6 Å². The van der Waals surface area contributed by atoms with E-state index in [0.29, 0.717) is 11.2 Å². The summed E-state index contributed by atoms with van der Waals surface area (Å²) in [6.45, 7) is 0. The van der Waals surface area contributed by atoms with E-state index in [1.807, 2.05) is 36.4 Å². The van der Waals surface area contributed by atoms with E-state index >= 15 is 0 Å². The van der Waals surface area contributed by atoms with Crippen LogP contribution in [0, 0.1) is 4.91 Å². The minimum absolute atomic E-state index is 0.210. The van der Waals surface area contributed by atoms with Crippen molar-refractivity contribution >= 4 is 33.2 Å². The summed E-state index contributed by atoms with van der Waals surface area (Å²) < 4.78 is 0. The van der Waals surface area contributed by atoms with Gasteiger partial charge in [0.1, 0.15) is 5.82 Å². The summed E-state index contributed by atoms with van der Waals surface area (Å²) in [5, 5.41) is 15.4. The molecule has 0 fully saturated rings. The van der Waals surface area contributed by atoms with Gasteiger partial charge in [0.2, 0.25) is 0 Å². The monoisotopic (exact) mass is 227 g/mol. The third-order valence-corrected chi connectivity index (χ3v) is 2.88. The van der Waals surface area contributed by atoms with Gasteiger partial charge in [0.25, 0.3) is 0 Å². The average molecular weight is 227 g/mol. The molecule has 0 aliphatic carbocycles. The van der Waals surface area contributed by atoms with Crippen molar-refractivity contribution in [2.24, 2.45) is 5.18 Å². The third kappa shape index (κ3) is 1.29. The molecule has 0 aliphatic heterocycles. The Kier molecular flexibility index (Phi) is 2.06. The number of rotatable bonds is 2. The van der Waals surface area contributed by atoms with Crippen LogP contribution in [0.3, 0.4) is 0 Å². The second-order valence-corrected chi connectivity index (χ2v) is 3.76. The highest BCUT2D eigenvalue weighted by molar-refractivity contribution is 6.16. The molecule has 1 aromatic heterocycles. The van der Waals surface area contributed by atoms with Gasteiger partial charge in [-0.2, -0.15) is 0 Å². The van der Waals surface area contributed by atoms with Crippen molar-refractivity contribution in [3.05, 3.63) is 41.3 Å². The fourth-order valence-electron chi connectivity index (χ4n) is 2.14. The molecule has 0 atom stereocenters. The van der Waals surface area contributed by atoms with E-state index in [1.165, 1.54) is 0 Å². The molecule has 1 heterocycles. The Labute approximate surface area is 96.0 Å². The Morgan fingerprint density at radius 1 is 1.12 bits per heavy atom. The van der Waals surface area contributed by atoms with Crippen molar-refractivity contribution in [3.63, 3.8) is 0 Å². The highest BCUT2D eigenvalue weighted by atomic mass is 16.5. The molecule has 0 amide bonds. The smallest absolute Gasteiger partial charge is 0.184 e. The SMILES string of the molecule is O=Nc1[nH]c(NO)c2c1ccc1ccccc12. The summed E-state index contributed by atoms with van der Waals surface area (Å²) in [5.41, 5.74) is 2.06. The van der Waals surface area contributed by atoms with Gasteiger partial charge >= 0.3 is 0 Å². The van der Waals surface area contributed by atoms with Crippen molar-refractivity contribution in [1.82, 2.24) is 4.98 Å². The Bertz CT molecular complexity index is 718. The summed E-state index contributed by atoms with van der Waals surface area (Å²) in [6.07, 6.45) is 0. The first-order valence-electron chi connectivity index (χ1n) is 5.12. The number of hydrogen-bond acceptors (Lipinski definition) is 4. The van der Waals surface area contributed by atoms with E-state index in [2.05, 4.69) is 15.6 Å². The molecular weight excluding hydrogens is 218 g/mol. The number of nitrogens with zero attached hydrogens (tertiary/aromatic N) is 1. The van der Waals surface area contributed by atoms with E-state index in [1.54, 1.807) is 0 Å². The quantitative estimate of drug-likeness (QED) is 0.463. The molecule has 0 saturated heterocycles. The van der Waals surface area contributed by atoms with E-state index in [-0.39, 0.29) is 5.82 Å². The lowest BCUT2D eigenvalue weighted by molar-refractivity contribution is 0.387. The Hall–Kier alpha value is -2.40. The molecule has 0 aliphatic rings. The summed E-state index contributed by atoms with van der Waals surface area (Å²) in [5.74, 6) is 0.591. The van der Waals surface area contributed by atoms with E-state index < -0.39 is 0 Å². The minimum atomic E-state index is 0.210. The van der Waals surface area contributed by atoms with Gasteiger partial charge in [0.15, 0.2) is 5.82 Å². The predicted molar refractivity (Wildman–Crippen MR) is 66.7 cm³/mol. The molecule has 2 aromatic carbocycles. The number of fused-ring (bicyclic) bond motifs is 3. The Morgan fingerprint density at radius 3 is 2.71 bits per heavy atom. The largest absolute Gasteiger partial charge is 0.321 e. The maximum atomic E-state index is 10.7. The summed E-state index contributed by atoms with van der Waals surface area (Å²) in [4.78, 5) is 13.4. The lowest BCUT2D eigenvalue weighted by Gasteiger charge is -2.01. The Morgan fingerprint density at radius 2 is 1.94 bits per heavy atom. The first-order chi connectivity index (χ1) is 8.35. The van der Waals surface area contributed by atoms with Crippen molar-refractivity contribution in [2.45, 2.75) is 0 Å². The molecule has 0 unspecified atom stereocenters. The van der Waals surface area contributed by atoms with Crippen LogP contribution in [-0.4, -0.2) is 10.2 Å². The van der Waals surface area contributed by atoms with Gasteiger partial charge in [0.05, 0.1) is 0 Å². The molecule has 5 nitrogen and oxygen atoms in total. The zero-order valence-corrected chi connectivity index (χ0v) is 8.77. The highest BCUT2D eigenvalue weighted by Gasteiger charge is 2.12. The molecule has 0 bridgehead atoms. The highest BCUT2D eigenvalue weighted by Crippen LogP contribution is 2.36. The van der Waals surface area contributed by atoms with Crippen LogP contribution in [0.4, 0.5) is 11.6 Å². The van der Waals surface area contributed by atoms with Gasteiger partial charge in [-0.25, -0.2) is 0 Å². The van der Waals surface area contributed by atoms with E-state index in [4.69, 9.17) is 5.21 Å². The van der Waals surface area contributed by atoms with Crippen LogP contribution in [-0.2, 0) is 0 Å². The third-order valence-electron chi connectivity index (χ3n) is 2.88. The lowest BCUT2D eigenvalue weighted by atomic mass is 10.0. The van der Waals surface area contributed by atoms with Crippen molar-refractivity contribution in [1.29, 1.82) is 0 Å². The minimum Gasteiger partial charge on any atom is -0.321 e. The number of aromatic amines is 1.